The minimum atomic E-state index is 0.978. The van der Waals surface area contributed by atoms with Gasteiger partial charge in [0.05, 0.1) is 11.4 Å². The minimum absolute atomic E-state index is 0.978. The van der Waals surface area contributed by atoms with Gasteiger partial charge in [0.15, 0.2) is 0 Å². The van der Waals surface area contributed by atoms with E-state index in [9.17, 15) is 0 Å². The van der Waals surface area contributed by atoms with Crippen molar-refractivity contribution in [3.05, 3.63) is 48.3 Å². The second-order valence-electron chi connectivity index (χ2n) is 4.89. The molecule has 2 rings (SSSR count). The van der Waals surface area contributed by atoms with Gasteiger partial charge in [-0.25, -0.2) is 0 Å². The van der Waals surface area contributed by atoms with E-state index in [0.29, 0.717) is 0 Å². The molecule has 0 bridgehead atoms. The van der Waals surface area contributed by atoms with Gasteiger partial charge in [0, 0.05) is 12.4 Å². The third-order valence-electron chi connectivity index (χ3n) is 3.35. The van der Waals surface area contributed by atoms with Crippen molar-refractivity contribution < 1.29 is 0 Å². The van der Waals surface area contributed by atoms with E-state index in [0.717, 1.165) is 17.8 Å². The van der Waals surface area contributed by atoms with Crippen LogP contribution in [0.1, 0.15) is 44.6 Å². The Labute approximate surface area is 115 Å². The van der Waals surface area contributed by atoms with Crippen LogP contribution in [0.25, 0.3) is 11.4 Å². The van der Waals surface area contributed by atoms with Gasteiger partial charge in [0.25, 0.3) is 0 Å². The Kier molecular flexibility index (Phi) is 5.54. The number of unbranched alkanes of at least 4 members (excludes halogenated alkanes) is 4. The molecule has 2 aromatic rings. The Morgan fingerprint density at radius 2 is 1.68 bits per heavy atom. The molecule has 0 unspecified atom stereocenters. The SMILES string of the molecule is CCCCCCCc1cccnc1-c1ccccn1. The molecule has 19 heavy (non-hydrogen) atoms. The Morgan fingerprint density at radius 3 is 2.47 bits per heavy atom. The number of rotatable bonds is 7. The van der Waals surface area contributed by atoms with Crippen molar-refractivity contribution >= 4 is 0 Å². The summed E-state index contributed by atoms with van der Waals surface area (Å²) in [6.07, 6.45) is 11.3. The summed E-state index contributed by atoms with van der Waals surface area (Å²) >= 11 is 0. The van der Waals surface area contributed by atoms with E-state index >= 15 is 0 Å². The van der Waals surface area contributed by atoms with Gasteiger partial charge < -0.3 is 0 Å². The maximum absolute atomic E-state index is 4.50. The molecule has 0 aliphatic carbocycles. The smallest absolute Gasteiger partial charge is 0.0918 e. The lowest BCUT2D eigenvalue weighted by atomic mass is 10.0. The molecular formula is C17H22N2. The molecule has 100 valence electrons. The predicted molar refractivity (Wildman–Crippen MR) is 79.9 cm³/mol. The van der Waals surface area contributed by atoms with Crippen LogP contribution in [0, 0.1) is 0 Å². The normalized spacial score (nSPS) is 10.6. The van der Waals surface area contributed by atoms with E-state index in [1.807, 2.05) is 36.7 Å². The summed E-state index contributed by atoms with van der Waals surface area (Å²) < 4.78 is 0. The Bertz CT molecular complexity index is 480. The summed E-state index contributed by atoms with van der Waals surface area (Å²) in [7, 11) is 0. The van der Waals surface area contributed by atoms with Gasteiger partial charge in [-0.3, -0.25) is 9.97 Å². The van der Waals surface area contributed by atoms with E-state index in [1.54, 1.807) is 0 Å². The van der Waals surface area contributed by atoms with E-state index < -0.39 is 0 Å². The predicted octanol–water partition coefficient (Wildman–Crippen LogP) is 4.66. The Hall–Kier alpha value is -1.70. The summed E-state index contributed by atoms with van der Waals surface area (Å²) in [4.78, 5) is 8.91. The fourth-order valence-electron chi connectivity index (χ4n) is 2.29. The molecule has 0 fully saturated rings. The number of hydrogen-bond donors (Lipinski definition) is 0. The Balaban J connectivity index is 2.01. The van der Waals surface area contributed by atoms with Crippen LogP contribution in [0.3, 0.4) is 0 Å². The lowest BCUT2D eigenvalue weighted by Gasteiger charge is -2.07. The zero-order valence-electron chi connectivity index (χ0n) is 11.7. The van der Waals surface area contributed by atoms with Crippen LogP contribution in [-0.2, 0) is 6.42 Å². The van der Waals surface area contributed by atoms with Gasteiger partial charge in [0.1, 0.15) is 0 Å². The number of nitrogens with zero attached hydrogens (tertiary/aromatic N) is 2. The first-order valence-corrected chi connectivity index (χ1v) is 7.27. The lowest BCUT2D eigenvalue weighted by molar-refractivity contribution is 0.632. The van der Waals surface area contributed by atoms with Crippen molar-refractivity contribution in [2.24, 2.45) is 0 Å². The van der Waals surface area contributed by atoms with Crippen molar-refractivity contribution in [3.63, 3.8) is 0 Å². The van der Waals surface area contributed by atoms with Crippen LogP contribution in [0.4, 0.5) is 0 Å². The molecule has 0 aromatic carbocycles. The average Bonchev–Trinajstić information content (AvgIpc) is 2.48. The third-order valence-corrected chi connectivity index (χ3v) is 3.35. The molecule has 2 nitrogen and oxygen atoms in total. The highest BCUT2D eigenvalue weighted by Gasteiger charge is 2.06. The van der Waals surface area contributed by atoms with Gasteiger partial charge in [-0.2, -0.15) is 0 Å². The largest absolute Gasteiger partial charge is 0.255 e. The third kappa shape index (κ3) is 4.16. The number of aromatic nitrogens is 2. The van der Waals surface area contributed by atoms with Gasteiger partial charge >= 0.3 is 0 Å². The number of hydrogen-bond acceptors (Lipinski definition) is 2. The summed E-state index contributed by atoms with van der Waals surface area (Å²) in [5.74, 6) is 0. The Morgan fingerprint density at radius 1 is 0.842 bits per heavy atom. The molecule has 0 atom stereocenters. The standard InChI is InChI=1S/C17H22N2/c1-2-3-4-5-6-10-15-11-9-14-19-17(15)16-12-7-8-13-18-16/h7-9,11-14H,2-6,10H2,1H3. The number of pyridine rings is 2. The quantitative estimate of drug-likeness (QED) is 0.672. The van der Waals surface area contributed by atoms with Crippen LogP contribution in [-0.4, -0.2) is 9.97 Å². The van der Waals surface area contributed by atoms with E-state index in [-0.39, 0.29) is 0 Å². The van der Waals surface area contributed by atoms with Crippen LogP contribution in [0.15, 0.2) is 42.7 Å². The minimum Gasteiger partial charge on any atom is -0.255 e. The monoisotopic (exact) mass is 254 g/mol. The lowest BCUT2D eigenvalue weighted by Crippen LogP contribution is -1.95. The fraction of sp³-hybridized carbons (Fsp3) is 0.412. The second kappa shape index (κ2) is 7.67. The van der Waals surface area contributed by atoms with Gasteiger partial charge in [-0.05, 0) is 36.6 Å². The average molecular weight is 254 g/mol. The molecular weight excluding hydrogens is 232 g/mol. The molecule has 2 aromatic heterocycles. The van der Waals surface area contributed by atoms with Crippen LogP contribution in [0.5, 0.6) is 0 Å². The molecule has 0 amide bonds. The first-order valence-electron chi connectivity index (χ1n) is 7.27. The van der Waals surface area contributed by atoms with Gasteiger partial charge in [-0.15, -0.1) is 0 Å². The summed E-state index contributed by atoms with van der Waals surface area (Å²) in [5, 5.41) is 0. The first-order chi connectivity index (χ1) is 9.42. The molecule has 0 aliphatic heterocycles. The first kappa shape index (κ1) is 13.7. The highest BCUT2D eigenvalue weighted by molar-refractivity contribution is 5.58. The summed E-state index contributed by atoms with van der Waals surface area (Å²) in [5.41, 5.74) is 3.34. The van der Waals surface area contributed by atoms with E-state index in [2.05, 4.69) is 23.0 Å². The van der Waals surface area contributed by atoms with Crippen molar-refractivity contribution in [1.82, 2.24) is 9.97 Å². The molecule has 0 radical (unpaired) electrons. The molecule has 2 heterocycles. The maximum Gasteiger partial charge on any atom is 0.0918 e. The molecule has 2 heteroatoms. The van der Waals surface area contributed by atoms with Crippen LogP contribution >= 0.6 is 0 Å². The van der Waals surface area contributed by atoms with Crippen molar-refractivity contribution in [2.75, 3.05) is 0 Å². The summed E-state index contributed by atoms with van der Waals surface area (Å²) in [6, 6.07) is 10.2. The second-order valence-corrected chi connectivity index (χ2v) is 4.89. The molecule has 0 saturated heterocycles. The van der Waals surface area contributed by atoms with E-state index in [1.165, 1.54) is 37.7 Å². The molecule has 0 N–H and O–H groups in total. The van der Waals surface area contributed by atoms with Crippen molar-refractivity contribution in [1.29, 1.82) is 0 Å². The van der Waals surface area contributed by atoms with Crippen molar-refractivity contribution in [3.8, 4) is 11.4 Å². The van der Waals surface area contributed by atoms with Gasteiger partial charge in [0.2, 0.25) is 0 Å². The molecule has 0 spiro atoms. The topological polar surface area (TPSA) is 25.8 Å². The highest BCUT2D eigenvalue weighted by atomic mass is 14.8. The number of aryl methyl sites for hydroxylation is 1. The summed E-state index contributed by atoms with van der Waals surface area (Å²) in [6.45, 7) is 2.25. The molecule has 0 aliphatic rings. The van der Waals surface area contributed by atoms with Crippen LogP contribution in [0.2, 0.25) is 0 Å². The van der Waals surface area contributed by atoms with Gasteiger partial charge in [-0.1, -0.05) is 44.7 Å². The zero-order valence-corrected chi connectivity index (χ0v) is 11.7. The van der Waals surface area contributed by atoms with Crippen molar-refractivity contribution in [2.45, 2.75) is 45.4 Å². The van der Waals surface area contributed by atoms with Crippen LogP contribution < -0.4 is 0 Å². The molecule has 0 saturated carbocycles. The highest BCUT2D eigenvalue weighted by Crippen LogP contribution is 2.20. The van der Waals surface area contributed by atoms with E-state index in [4.69, 9.17) is 0 Å². The maximum atomic E-state index is 4.50. The fourth-order valence-corrected chi connectivity index (χ4v) is 2.29. The zero-order chi connectivity index (χ0) is 13.3.